The summed E-state index contributed by atoms with van der Waals surface area (Å²) < 4.78 is 17.3. The Bertz CT molecular complexity index is 869. The molecule has 1 aromatic carbocycles. The summed E-state index contributed by atoms with van der Waals surface area (Å²) in [5.41, 5.74) is 1.58. The predicted molar refractivity (Wildman–Crippen MR) is 91.7 cm³/mol. The van der Waals surface area contributed by atoms with Crippen LogP contribution >= 0.6 is 0 Å². The third-order valence-electron chi connectivity index (χ3n) is 3.92. The Kier molecular flexibility index (Phi) is 4.65. The van der Waals surface area contributed by atoms with Gasteiger partial charge in [-0.15, -0.1) is 0 Å². The third-order valence-corrected chi connectivity index (χ3v) is 3.92. The van der Waals surface area contributed by atoms with Crippen molar-refractivity contribution in [2.45, 2.75) is 26.4 Å². The number of imidazole rings is 1. The number of hydrogen-bond donors (Lipinski definition) is 0. The van der Waals surface area contributed by atoms with Gasteiger partial charge in [0.15, 0.2) is 0 Å². The van der Waals surface area contributed by atoms with Crippen molar-refractivity contribution in [2.24, 2.45) is 7.05 Å². The maximum absolute atomic E-state index is 14.1. The average molecular weight is 341 g/mol. The lowest BCUT2D eigenvalue weighted by atomic mass is 10.1. The topological polar surface area (TPSA) is 56.0 Å². The number of hydrogen-bond acceptors (Lipinski definition) is 3. The molecule has 3 rings (SSSR count). The molecule has 0 aliphatic rings. The quantitative estimate of drug-likeness (QED) is 0.717. The zero-order chi connectivity index (χ0) is 18.0. The lowest BCUT2D eigenvalue weighted by molar-refractivity contribution is 0.0684. The number of nitrogens with zero attached hydrogens (tertiary/aromatic N) is 5. The van der Waals surface area contributed by atoms with Crippen molar-refractivity contribution >= 4 is 5.91 Å². The Morgan fingerprint density at radius 1 is 1.36 bits per heavy atom. The molecule has 0 spiro atoms. The van der Waals surface area contributed by atoms with Gasteiger partial charge in [-0.05, 0) is 37.6 Å². The molecule has 0 radical (unpaired) electrons. The summed E-state index contributed by atoms with van der Waals surface area (Å²) in [6.45, 7) is 4.25. The largest absolute Gasteiger partial charge is 0.340 e. The van der Waals surface area contributed by atoms with Crippen molar-refractivity contribution in [1.82, 2.24) is 24.2 Å². The number of carbonyl (C=O) groups excluding carboxylic acids is 1. The SMILES string of the molecule is CC(C)N(Cc1ccc(F)c(-n2cccn2)c1)C(=O)c1cn(C)cn1. The van der Waals surface area contributed by atoms with Crippen LogP contribution in [-0.2, 0) is 13.6 Å². The van der Waals surface area contributed by atoms with Crippen molar-refractivity contribution in [3.63, 3.8) is 0 Å². The molecule has 0 saturated carbocycles. The van der Waals surface area contributed by atoms with Gasteiger partial charge in [-0.1, -0.05) is 6.07 Å². The molecule has 0 aliphatic carbocycles. The minimum atomic E-state index is -0.361. The van der Waals surface area contributed by atoms with Gasteiger partial charge >= 0.3 is 0 Å². The zero-order valence-electron chi connectivity index (χ0n) is 14.4. The Labute approximate surface area is 145 Å². The van der Waals surface area contributed by atoms with E-state index >= 15 is 0 Å². The molecule has 1 amide bonds. The van der Waals surface area contributed by atoms with Gasteiger partial charge in [0.05, 0.1) is 6.33 Å². The highest BCUT2D eigenvalue weighted by atomic mass is 19.1. The van der Waals surface area contributed by atoms with Gasteiger partial charge in [0.2, 0.25) is 0 Å². The van der Waals surface area contributed by atoms with Crippen LogP contribution in [0.25, 0.3) is 5.69 Å². The fraction of sp³-hybridized carbons (Fsp3) is 0.278. The highest BCUT2D eigenvalue weighted by Gasteiger charge is 2.21. The Balaban J connectivity index is 1.88. The van der Waals surface area contributed by atoms with E-state index in [9.17, 15) is 9.18 Å². The molecule has 2 aromatic heterocycles. The molecule has 6 nitrogen and oxygen atoms in total. The maximum atomic E-state index is 14.1. The molecule has 25 heavy (non-hydrogen) atoms. The lowest BCUT2D eigenvalue weighted by Crippen LogP contribution is -2.36. The smallest absolute Gasteiger partial charge is 0.274 e. The van der Waals surface area contributed by atoms with Crippen molar-refractivity contribution in [3.05, 3.63) is 66.3 Å². The molecule has 0 aliphatic heterocycles. The van der Waals surface area contributed by atoms with Crippen molar-refractivity contribution in [1.29, 1.82) is 0 Å². The van der Waals surface area contributed by atoms with E-state index in [1.54, 1.807) is 52.6 Å². The van der Waals surface area contributed by atoms with Crippen molar-refractivity contribution in [2.75, 3.05) is 0 Å². The number of benzene rings is 1. The summed E-state index contributed by atoms with van der Waals surface area (Å²) >= 11 is 0. The molecule has 0 saturated heterocycles. The monoisotopic (exact) mass is 341 g/mol. The Morgan fingerprint density at radius 3 is 2.76 bits per heavy atom. The number of halogens is 1. The van der Waals surface area contributed by atoms with Gasteiger partial charge in [0.25, 0.3) is 5.91 Å². The molecule has 7 heteroatoms. The summed E-state index contributed by atoms with van der Waals surface area (Å²) in [4.78, 5) is 18.6. The molecule has 0 atom stereocenters. The van der Waals surface area contributed by atoms with Crippen LogP contribution in [0.1, 0.15) is 29.9 Å². The van der Waals surface area contributed by atoms with Crippen LogP contribution in [0.2, 0.25) is 0 Å². The summed E-state index contributed by atoms with van der Waals surface area (Å²) in [5, 5.41) is 4.07. The van der Waals surface area contributed by atoms with Crippen LogP contribution in [-0.4, -0.2) is 36.2 Å². The fourth-order valence-electron chi connectivity index (χ4n) is 2.60. The van der Waals surface area contributed by atoms with Gasteiger partial charge in [-0.25, -0.2) is 14.1 Å². The zero-order valence-corrected chi connectivity index (χ0v) is 14.4. The van der Waals surface area contributed by atoms with E-state index in [0.717, 1.165) is 5.56 Å². The summed E-state index contributed by atoms with van der Waals surface area (Å²) in [6, 6.07) is 6.51. The van der Waals surface area contributed by atoms with E-state index in [1.165, 1.54) is 10.7 Å². The summed E-state index contributed by atoms with van der Waals surface area (Å²) in [5.74, 6) is -0.514. The molecular weight excluding hydrogens is 321 g/mol. The van der Waals surface area contributed by atoms with E-state index in [4.69, 9.17) is 0 Å². The first-order valence-electron chi connectivity index (χ1n) is 8.03. The molecule has 0 unspecified atom stereocenters. The van der Waals surface area contributed by atoms with E-state index in [2.05, 4.69) is 10.1 Å². The van der Waals surface area contributed by atoms with Crippen LogP contribution in [0.4, 0.5) is 4.39 Å². The highest BCUT2D eigenvalue weighted by Crippen LogP contribution is 2.18. The first-order valence-corrected chi connectivity index (χ1v) is 8.03. The number of carbonyl (C=O) groups is 1. The molecule has 0 bridgehead atoms. The number of rotatable bonds is 5. The second-order valence-electron chi connectivity index (χ2n) is 6.19. The number of aryl methyl sites for hydroxylation is 1. The second-order valence-corrected chi connectivity index (χ2v) is 6.19. The first kappa shape index (κ1) is 16.9. The van der Waals surface area contributed by atoms with Crippen molar-refractivity contribution in [3.8, 4) is 5.69 Å². The molecule has 2 heterocycles. The molecule has 0 fully saturated rings. The standard InChI is InChI=1S/C18H20FN5O/c1-13(2)23(18(25)16-11-22(3)12-20-16)10-14-5-6-15(19)17(9-14)24-8-4-7-21-24/h4-9,11-13H,10H2,1-3H3. The van der Waals surface area contributed by atoms with Gasteiger partial charge < -0.3 is 9.47 Å². The fourth-order valence-corrected chi connectivity index (χ4v) is 2.60. The summed E-state index contributed by atoms with van der Waals surface area (Å²) in [6.07, 6.45) is 6.57. The predicted octanol–water partition coefficient (Wildman–Crippen LogP) is 2.80. The van der Waals surface area contributed by atoms with Gasteiger partial charge in [-0.3, -0.25) is 4.79 Å². The van der Waals surface area contributed by atoms with E-state index < -0.39 is 0 Å². The minimum absolute atomic E-state index is 0.0206. The molecule has 130 valence electrons. The summed E-state index contributed by atoms with van der Waals surface area (Å²) in [7, 11) is 1.82. The highest BCUT2D eigenvalue weighted by molar-refractivity contribution is 5.92. The van der Waals surface area contributed by atoms with E-state index in [-0.39, 0.29) is 17.8 Å². The molecule has 3 aromatic rings. The van der Waals surface area contributed by atoms with Crippen LogP contribution in [0, 0.1) is 5.82 Å². The van der Waals surface area contributed by atoms with Crippen LogP contribution < -0.4 is 0 Å². The van der Waals surface area contributed by atoms with Gasteiger partial charge in [0.1, 0.15) is 17.2 Å². The van der Waals surface area contributed by atoms with Crippen molar-refractivity contribution < 1.29 is 9.18 Å². The number of amides is 1. The van der Waals surface area contributed by atoms with Crippen LogP contribution in [0.15, 0.2) is 49.2 Å². The number of aromatic nitrogens is 4. The maximum Gasteiger partial charge on any atom is 0.274 e. The second kappa shape index (κ2) is 6.88. The minimum Gasteiger partial charge on any atom is -0.340 e. The third kappa shape index (κ3) is 3.60. The van der Waals surface area contributed by atoms with Crippen LogP contribution in [0.3, 0.4) is 0 Å². The first-order chi connectivity index (χ1) is 12.0. The van der Waals surface area contributed by atoms with E-state index in [1.807, 2.05) is 20.9 Å². The molecule has 0 N–H and O–H groups in total. The lowest BCUT2D eigenvalue weighted by Gasteiger charge is -2.26. The Hall–Kier alpha value is -2.96. The van der Waals surface area contributed by atoms with Gasteiger partial charge in [0, 0.05) is 38.2 Å². The van der Waals surface area contributed by atoms with E-state index in [0.29, 0.717) is 17.9 Å². The van der Waals surface area contributed by atoms with Gasteiger partial charge in [-0.2, -0.15) is 5.10 Å². The Morgan fingerprint density at radius 2 is 2.16 bits per heavy atom. The molecular formula is C18H20FN5O. The average Bonchev–Trinajstić information content (AvgIpc) is 3.24. The normalized spacial score (nSPS) is 11.1. The van der Waals surface area contributed by atoms with Crippen LogP contribution in [0.5, 0.6) is 0 Å².